The maximum Gasteiger partial charge on any atom is 0.263 e. The number of nitrogens with zero attached hydrogens (tertiary/aromatic N) is 1. The topological polar surface area (TPSA) is 86.7 Å². The lowest BCUT2D eigenvalue weighted by Gasteiger charge is -2.21. The Labute approximate surface area is 145 Å². The monoisotopic (exact) mass is 338 g/mol. The van der Waals surface area contributed by atoms with Gasteiger partial charge in [-0.25, -0.2) is 0 Å². The third kappa shape index (κ3) is 2.92. The van der Waals surface area contributed by atoms with Crippen LogP contribution in [-0.4, -0.2) is 29.8 Å². The number of nitrogens with one attached hydrogen (secondary N) is 1. The van der Waals surface area contributed by atoms with Crippen LogP contribution in [0.4, 0.5) is 11.4 Å². The lowest BCUT2D eigenvalue weighted by molar-refractivity contribution is -0.135. The molecule has 0 aromatic heterocycles. The van der Waals surface area contributed by atoms with E-state index in [1.54, 1.807) is 55.6 Å². The zero-order chi connectivity index (χ0) is 18.2. The smallest absolute Gasteiger partial charge is 0.263 e. The van der Waals surface area contributed by atoms with Crippen LogP contribution >= 0.6 is 0 Å². The Balaban J connectivity index is 1.85. The molecule has 1 unspecified atom stereocenters. The van der Waals surface area contributed by atoms with Crippen molar-refractivity contribution in [1.82, 2.24) is 0 Å². The van der Waals surface area contributed by atoms with E-state index in [4.69, 9.17) is 0 Å². The summed E-state index contributed by atoms with van der Waals surface area (Å²) in [6, 6.07) is 13.2. The molecule has 2 aromatic rings. The van der Waals surface area contributed by atoms with Crippen LogP contribution in [0.15, 0.2) is 48.5 Å². The van der Waals surface area contributed by atoms with Gasteiger partial charge in [-0.1, -0.05) is 18.2 Å². The van der Waals surface area contributed by atoms with Crippen LogP contribution in [0.3, 0.4) is 0 Å². The Hall–Kier alpha value is -2.99. The number of amides is 2. The molecule has 128 valence electrons. The third-order valence-corrected chi connectivity index (χ3v) is 4.31. The van der Waals surface area contributed by atoms with Crippen LogP contribution in [0, 0.1) is 0 Å². The minimum Gasteiger partial charge on any atom is -0.375 e. The van der Waals surface area contributed by atoms with Crippen molar-refractivity contribution >= 4 is 29.0 Å². The molecule has 2 aromatic carbocycles. The molecule has 0 saturated heterocycles. The van der Waals surface area contributed by atoms with Crippen molar-refractivity contribution < 1.29 is 19.5 Å². The molecule has 1 aliphatic rings. The Morgan fingerprint density at radius 2 is 1.76 bits per heavy atom. The molecule has 1 aliphatic heterocycles. The number of hydrogen-bond donors (Lipinski definition) is 2. The normalized spacial score (nSPS) is 18.8. The summed E-state index contributed by atoms with van der Waals surface area (Å²) in [6.07, 6.45) is -0.341. The summed E-state index contributed by atoms with van der Waals surface area (Å²) in [5.74, 6) is -1.07. The zero-order valence-corrected chi connectivity index (χ0v) is 13.9. The van der Waals surface area contributed by atoms with E-state index in [-0.39, 0.29) is 18.1 Å². The van der Waals surface area contributed by atoms with E-state index in [0.29, 0.717) is 22.5 Å². The van der Waals surface area contributed by atoms with E-state index in [9.17, 15) is 19.5 Å². The molecule has 3 rings (SSSR count). The van der Waals surface area contributed by atoms with E-state index in [2.05, 4.69) is 5.32 Å². The summed E-state index contributed by atoms with van der Waals surface area (Å²) < 4.78 is 0. The summed E-state index contributed by atoms with van der Waals surface area (Å²) in [5.41, 5.74) is 0.111. The molecule has 1 heterocycles. The van der Waals surface area contributed by atoms with Gasteiger partial charge < -0.3 is 15.3 Å². The quantitative estimate of drug-likeness (QED) is 0.836. The highest BCUT2D eigenvalue weighted by atomic mass is 16.3. The molecule has 25 heavy (non-hydrogen) atoms. The predicted molar refractivity (Wildman–Crippen MR) is 93.4 cm³/mol. The SMILES string of the molecule is CC(=O)Nc1ccc(C(=O)CC2(O)C(=O)N(C)c3ccccc32)cc1. The van der Waals surface area contributed by atoms with Crippen molar-refractivity contribution in [3.8, 4) is 0 Å². The first-order valence-electron chi connectivity index (χ1n) is 7.84. The lowest BCUT2D eigenvalue weighted by atomic mass is 9.88. The second-order valence-corrected chi connectivity index (χ2v) is 6.10. The molecule has 1 atom stereocenters. The van der Waals surface area contributed by atoms with Crippen molar-refractivity contribution in [1.29, 1.82) is 0 Å². The van der Waals surface area contributed by atoms with E-state index < -0.39 is 11.5 Å². The number of anilines is 2. The molecule has 0 bridgehead atoms. The number of para-hydroxylation sites is 1. The number of ketones is 1. The fraction of sp³-hybridized carbons (Fsp3) is 0.211. The van der Waals surface area contributed by atoms with Crippen LogP contribution < -0.4 is 10.2 Å². The van der Waals surface area contributed by atoms with Crippen molar-refractivity contribution in [3.63, 3.8) is 0 Å². The number of likely N-dealkylation sites (N-methyl/N-ethyl adjacent to an activating group) is 1. The number of rotatable bonds is 4. The van der Waals surface area contributed by atoms with Gasteiger partial charge in [-0.2, -0.15) is 0 Å². The highest BCUT2D eigenvalue weighted by molar-refractivity contribution is 6.10. The Morgan fingerprint density at radius 3 is 2.40 bits per heavy atom. The fourth-order valence-electron chi connectivity index (χ4n) is 3.07. The standard InChI is InChI=1S/C19H18N2O4/c1-12(22)20-14-9-7-13(8-10-14)17(23)11-19(25)15-5-3-4-6-16(15)21(2)18(19)24/h3-10,25H,11H2,1-2H3,(H,20,22). The maximum atomic E-state index is 12.6. The number of carbonyl (C=O) groups is 3. The van der Waals surface area contributed by atoms with Gasteiger partial charge >= 0.3 is 0 Å². The maximum absolute atomic E-state index is 12.6. The summed E-state index contributed by atoms with van der Waals surface area (Å²) in [4.78, 5) is 37.5. The average molecular weight is 338 g/mol. The van der Waals surface area contributed by atoms with Crippen molar-refractivity contribution in [2.24, 2.45) is 0 Å². The summed E-state index contributed by atoms with van der Waals surface area (Å²) in [7, 11) is 1.58. The first-order chi connectivity index (χ1) is 11.8. The molecular formula is C19H18N2O4. The van der Waals surface area contributed by atoms with Gasteiger partial charge in [0.05, 0.1) is 12.1 Å². The molecule has 0 aliphatic carbocycles. The zero-order valence-electron chi connectivity index (χ0n) is 13.9. The van der Waals surface area contributed by atoms with Gasteiger partial charge in [0.25, 0.3) is 5.91 Å². The number of Topliss-reactive ketones (excluding diaryl/α,β-unsaturated/α-hetero) is 1. The Bertz CT molecular complexity index is 860. The molecule has 0 spiro atoms. The number of fused-ring (bicyclic) bond motifs is 1. The molecule has 0 saturated carbocycles. The Kier molecular flexibility index (Phi) is 4.14. The Morgan fingerprint density at radius 1 is 1.12 bits per heavy atom. The van der Waals surface area contributed by atoms with Gasteiger partial charge in [0.15, 0.2) is 11.4 Å². The predicted octanol–water partition coefficient (Wildman–Crippen LogP) is 2.08. The highest BCUT2D eigenvalue weighted by Crippen LogP contribution is 2.41. The first kappa shape index (κ1) is 16.9. The largest absolute Gasteiger partial charge is 0.375 e. The minimum atomic E-state index is -1.86. The van der Waals surface area contributed by atoms with Crippen LogP contribution in [0.2, 0.25) is 0 Å². The van der Waals surface area contributed by atoms with Crippen molar-refractivity contribution in [2.45, 2.75) is 18.9 Å². The van der Waals surface area contributed by atoms with E-state index in [1.165, 1.54) is 11.8 Å². The van der Waals surface area contributed by atoms with Crippen LogP contribution in [0.1, 0.15) is 29.3 Å². The molecule has 6 nitrogen and oxygen atoms in total. The number of carbonyl (C=O) groups excluding carboxylic acids is 3. The summed E-state index contributed by atoms with van der Waals surface area (Å²) in [5, 5.41) is 13.5. The summed E-state index contributed by atoms with van der Waals surface area (Å²) >= 11 is 0. The van der Waals surface area contributed by atoms with E-state index in [0.717, 1.165) is 0 Å². The van der Waals surface area contributed by atoms with Crippen LogP contribution in [0.5, 0.6) is 0 Å². The molecule has 2 N–H and O–H groups in total. The van der Waals surface area contributed by atoms with Crippen LogP contribution in [-0.2, 0) is 15.2 Å². The molecule has 0 radical (unpaired) electrons. The van der Waals surface area contributed by atoms with Gasteiger partial charge in [0.2, 0.25) is 5.91 Å². The van der Waals surface area contributed by atoms with Gasteiger partial charge in [-0.05, 0) is 30.3 Å². The minimum absolute atomic E-state index is 0.204. The van der Waals surface area contributed by atoms with E-state index in [1.807, 2.05) is 0 Å². The van der Waals surface area contributed by atoms with Crippen molar-refractivity contribution in [3.05, 3.63) is 59.7 Å². The average Bonchev–Trinajstić information content (AvgIpc) is 2.77. The van der Waals surface area contributed by atoms with Gasteiger partial charge in [0, 0.05) is 30.8 Å². The molecule has 0 fully saturated rings. The second-order valence-electron chi connectivity index (χ2n) is 6.10. The number of aliphatic hydroxyl groups is 1. The number of hydrogen-bond acceptors (Lipinski definition) is 4. The highest BCUT2D eigenvalue weighted by Gasteiger charge is 2.49. The summed E-state index contributed by atoms with van der Waals surface area (Å²) in [6.45, 7) is 1.40. The van der Waals surface area contributed by atoms with Gasteiger partial charge in [0.1, 0.15) is 0 Å². The molecule has 6 heteroatoms. The fourth-order valence-corrected chi connectivity index (χ4v) is 3.07. The molecule has 2 amide bonds. The van der Waals surface area contributed by atoms with Crippen molar-refractivity contribution in [2.75, 3.05) is 17.3 Å². The first-order valence-corrected chi connectivity index (χ1v) is 7.84. The number of benzene rings is 2. The lowest BCUT2D eigenvalue weighted by Crippen LogP contribution is -2.40. The molecular weight excluding hydrogens is 320 g/mol. The van der Waals surface area contributed by atoms with E-state index >= 15 is 0 Å². The van der Waals surface area contributed by atoms with Crippen LogP contribution in [0.25, 0.3) is 0 Å². The van der Waals surface area contributed by atoms with Gasteiger partial charge in [-0.15, -0.1) is 0 Å². The van der Waals surface area contributed by atoms with Gasteiger partial charge in [-0.3, -0.25) is 14.4 Å². The third-order valence-electron chi connectivity index (χ3n) is 4.31. The second kappa shape index (κ2) is 6.14.